The molecule has 14 rings (SSSR count). The Labute approximate surface area is 727 Å². The molecule has 0 aromatic heterocycles. The second-order valence-electron chi connectivity index (χ2n) is 29.6. The van der Waals surface area contributed by atoms with E-state index in [0.29, 0.717) is 6.42 Å². The van der Waals surface area contributed by atoms with Gasteiger partial charge in [0.05, 0.1) is 198 Å². The minimum absolute atomic E-state index is 0.0741. The molecule has 0 saturated carbocycles. The number of benzene rings is 10. The van der Waals surface area contributed by atoms with Crippen molar-refractivity contribution in [3.05, 3.63) is 206 Å². The van der Waals surface area contributed by atoms with E-state index in [0.717, 1.165) is 5.56 Å². The first-order valence-electron chi connectivity index (χ1n) is 38.2. The molecule has 4 aliphatic heterocycles. The fourth-order valence-corrected chi connectivity index (χ4v) is 16.5. The van der Waals surface area contributed by atoms with Gasteiger partial charge in [-0.25, -0.2) is 33.7 Å². The molecule has 0 spiro atoms. The molecule has 0 unspecified atom stereocenters. The average Bonchev–Trinajstić information content (AvgIpc) is 0.802. The topological polar surface area (TPSA) is 367 Å². The molecule has 4 aliphatic rings. The first-order valence-corrected chi connectivity index (χ1v) is 49.0. The molecule has 13 N–H and O–H groups in total. The van der Waals surface area contributed by atoms with Crippen LogP contribution in [0.25, 0.3) is 0 Å². The summed E-state index contributed by atoms with van der Waals surface area (Å²) in [5.74, 6) is -0.868. The fraction of sp³-hybridized carbons (Fsp3) is 0.286. The van der Waals surface area contributed by atoms with Gasteiger partial charge in [0.25, 0.3) is 10.1 Å². The van der Waals surface area contributed by atoms with Crippen molar-refractivity contribution in [2.45, 2.75) is 83.1 Å². The van der Waals surface area contributed by atoms with Crippen LogP contribution in [0, 0.1) is 6.92 Å². The maximum Gasteiger partial charge on any atom is 0.294 e. The first kappa shape index (κ1) is 101. The van der Waals surface area contributed by atoms with Gasteiger partial charge < -0.3 is 78.7 Å². The second kappa shape index (κ2) is 45.4. The summed E-state index contributed by atoms with van der Waals surface area (Å²) in [4.78, 5) is 21.0. The number of nitrogens with one attached hydrogen (secondary N) is 12. The molecule has 36 heteroatoms. The van der Waals surface area contributed by atoms with Crippen LogP contribution in [0.2, 0.25) is 0 Å². The van der Waals surface area contributed by atoms with Crippen LogP contribution in [-0.4, -0.2) is 195 Å². The molecule has 0 aliphatic carbocycles. The van der Waals surface area contributed by atoms with Gasteiger partial charge in [0.15, 0.2) is 0 Å². The summed E-state index contributed by atoms with van der Waals surface area (Å²) in [6, 6.07) is 66.3. The van der Waals surface area contributed by atoms with Crippen LogP contribution >= 0.6 is 47.0 Å². The van der Waals surface area contributed by atoms with Crippen molar-refractivity contribution in [3.63, 3.8) is 0 Å². The number of rotatable bonds is 14. The smallest absolute Gasteiger partial charge is 0.294 e. The number of hydrogen-bond acceptors (Lipinski definition) is 22. The molecule has 27 nitrogen and oxygen atoms in total. The Kier molecular flexibility index (Phi) is 38.2. The molecular formula is C84H114N12O15S9+4. The van der Waals surface area contributed by atoms with Crippen molar-refractivity contribution in [3.8, 4) is 0 Å². The van der Waals surface area contributed by atoms with E-state index in [9.17, 15) is 60.3 Å². The lowest BCUT2D eigenvalue weighted by Gasteiger charge is -2.22. The van der Waals surface area contributed by atoms with Crippen LogP contribution in [0.5, 0.6) is 0 Å². The van der Waals surface area contributed by atoms with Crippen LogP contribution in [0.4, 0.5) is 91.0 Å². The highest BCUT2D eigenvalue weighted by atomic mass is 32.2. The Morgan fingerprint density at radius 3 is 0.600 bits per heavy atom. The maximum atomic E-state index is 10.4. The largest absolute Gasteiger partial charge is 0.748 e. The Bertz CT molecular complexity index is 5000. The van der Waals surface area contributed by atoms with E-state index in [1.807, 2.05) is 54.0 Å². The van der Waals surface area contributed by atoms with E-state index in [-0.39, 0.29) is 27.0 Å². The zero-order valence-corrected chi connectivity index (χ0v) is 78.6. The van der Waals surface area contributed by atoms with Gasteiger partial charge in [-0.2, -0.15) is 8.42 Å². The molecule has 10 aromatic carbocycles. The van der Waals surface area contributed by atoms with Gasteiger partial charge in [0, 0.05) is 153 Å². The van der Waals surface area contributed by atoms with Gasteiger partial charge in [-0.1, -0.05) is 104 Å². The quantitative estimate of drug-likeness (QED) is 0.0506. The van der Waals surface area contributed by atoms with Crippen molar-refractivity contribution >= 4 is 189 Å². The van der Waals surface area contributed by atoms with Crippen molar-refractivity contribution in [1.82, 2.24) is 0 Å². The molecule has 4 heterocycles. The Balaban J connectivity index is 0.000000217. The lowest BCUT2D eigenvalue weighted by atomic mass is 10.2. The summed E-state index contributed by atoms with van der Waals surface area (Å²) in [5, 5.41) is 14.1. The van der Waals surface area contributed by atoms with E-state index >= 15 is 0 Å². The van der Waals surface area contributed by atoms with Crippen molar-refractivity contribution in [2.24, 2.45) is 0 Å². The van der Waals surface area contributed by atoms with Gasteiger partial charge in [-0.05, 0) is 86.1 Å². The summed E-state index contributed by atoms with van der Waals surface area (Å²) in [7, 11) is 14.5. The number of fused-ring (bicyclic) bond motifs is 8. The number of hydrogen-bond donors (Lipinski definition) is 13. The number of quaternary nitrogens is 8. The minimum atomic E-state index is -4.27. The van der Waals surface area contributed by atoms with E-state index in [2.05, 4.69) is 280 Å². The van der Waals surface area contributed by atoms with Gasteiger partial charge in [0.1, 0.15) is 55.6 Å². The Morgan fingerprint density at radius 2 is 0.475 bits per heavy atom. The average molecular weight is 1820 g/mol. The van der Waals surface area contributed by atoms with Crippen molar-refractivity contribution < 1.29 is 104 Å². The number of anilines is 8. The van der Waals surface area contributed by atoms with Crippen molar-refractivity contribution in [1.29, 1.82) is 0 Å². The number of aryl methyl sites for hydroxylation is 1. The van der Waals surface area contributed by atoms with E-state index in [1.165, 1.54) is 207 Å². The van der Waals surface area contributed by atoms with E-state index < -0.39 is 50.6 Å². The lowest BCUT2D eigenvalue weighted by Crippen LogP contribution is -3.00. The summed E-state index contributed by atoms with van der Waals surface area (Å²) in [5.41, 5.74) is 21.1. The molecule has 0 amide bonds. The standard InChI is InChI=1S/4C16H19N3S.C7H8O3S.C6H6O3S.C3H8O3S.2C2H6O3S/c4*1-18(2)11-5-7-13-15(9-11)20-16-10-12(19(3)4)6-8-14(16)17-13;1-6-2-4-7(5-3-6)11(8,9)10;7-10(8,9)6-4-2-1-3-5-6;1-2-3-7(4,5)6;2*1-2-6(3,4)5/h4*5-10,17H,1-4H3;2-5H,1H3,(H,8,9,10);1-5H,(H,7,8,9);2-3H2,1H3,(H,4,5,6);2*2H2,1H3,(H,3,4,5)/p+4. The van der Waals surface area contributed by atoms with E-state index in [4.69, 9.17) is 4.55 Å². The van der Waals surface area contributed by atoms with Gasteiger partial charge in [-0.15, -0.1) is 0 Å². The third-order valence-corrected chi connectivity index (χ3v) is 26.4. The minimum Gasteiger partial charge on any atom is -0.748 e. The first-order chi connectivity index (χ1) is 56.0. The molecule has 0 atom stereocenters. The molecule has 10 aromatic rings. The zero-order valence-electron chi connectivity index (χ0n) is 71.2. The van der Waals surface area contributed by atoms with Crippen molar-refractivity contribution in [2.75, 3.05) is 151 Å². The zero-order chi connectivity index (χ0) is 89.5. The lowest BCUT2D eigenvalue weighted by molar-refractivity contribution is -0.786. The maximum absolute atomic E-state index is 10.4. The van der Waals surface area contributed by atoms with Gasteiger partial charge in [0.2, 0.25) is 0 Å². The molecule has 120 heavy (non-hydrogen) atoms. The predicted octanol–water partition coefficient (Wildman–Crippen LogP) is 6.66. The van der Waals surface area contributed by atoms with Crippen LogP contribution in [0.3, 0.4) is 0 Å². The molecule has 0 radical (unpaired) electrons. The third-order valence-electron chi connectivity index (χ3n) is 17.9. The summed E-state index contributed by atoms with van der Waals surface area (Å²) < 4.78 is 146. The van der Waals surface area contributed by atoms with Gasteiger partial charge in [-0.3, -0.25) is 4.55 Å². The molecule has 650 valence electrons. The highest BCUT2D eigenvalue weighted by Crippen LogP contribution is 2.49. The monoisotopic (exact) mass is 1820 g/mol. The summed E-state index contributed by atoms with van der Waals surface area (Å²) >= 11 is 7.43. The molecule has 0 saturated heterocycles. The van der Waals surface area contributed by atoms with Crippen LogP contribution < -0.4 is 60.5 Å². The summed E-state index contributed by atoms with van der Waals surface area (Å²) in [6.45, 7) is 6.08. The molecular weight excluding hydrogens is 1710 g/mol. The summed E-state index contributed by atoms with van der Waals surface area (Å²) in [6.07, 6.45) is 0.409. The fourth-order valence-electron chi connectivity index (χ4n) is 10.8. The normalized spacial score (nSPS) is 12.6. The SMILES string of the molecule is CCCS(=O)(=O)[O-].CCS(=O)(=O)[O-].CCS(=O)(=O)[O-].C[NH+](C)c1ccc2c(c1)Sc1cc([NH+](C)C)ccc1N2.C[NH+](C)c1ccc2c(c1)Sc1cc([NH+](C)C)ccc1N2.C[NH+](C)c1ccc2c(c1)Sc1cc([NH+](C)C)ccc1N2.C[NH+](C)c1ccc2c(c1)Sc1cc([NH+](C)C)ccc1N2.Cc1ccc(S(=O)(=O)[O-])cc1.O=S(=O)(O)c1ccccc1. The van der Waals surface area contributed by atoms with Crippen LogP contribution in [0.15, 0.2) is 249 Å². The van der Waals surface area contributed by atoms with Gasteiger partial charge >= 0.3 is 0 Å². The van der Waals surface area contributed by atoms with Crippen LogP contribution in [0.1, 0.15) is 32.8 Å². The predicted molar refractivity (Wildman–Crippen MR) is 482 cm³/mol. The highest BCUT2D eigenvalue weighted by Gasteiger charge is 2.24. The molecule has 0 fully saturated rings. The van der Waals surface area contributed by atoms with Crippen LogP contribution in [-0.2, 0) is 50.6 Å². The third kappa shape index (κ3) is 32.7. The Morgan fingerprint density at radius 1 is 0.283 bits per heavy atom. The highest BCUT2D eigenvalue weighted by molar-refractivity contribution is 8.00. The van der Waals surface area contributed by atoms with E-state index in [1.54, 1.807) is 37.3 Å². The second-order valence-corrected chi connectivity index (χ2v) is 41.7. The molecule has 0 bridgehead atoms. The Hall–Kier alpha value is -7.97.